The standard InChI is InChI=1S/C20H28N2O/c23-19(8-7-16-9-13-21-14-10-16)22-15-20(11-3-4-12-20)17-5-1-2-6-18(17)22/h1-2,5-6,16,21H,3-4,7-15H2. The number of hydrogen-bond acceptors (Lipinski definition) is 2. The summed E-state index contributed by atoms with van der Waals surface area (Å²) in [7, 11) is 0. The average molecular weight is 312 g/mol. The first-order valence-corrected chi connectivity index (χ1v) is 9.39. The molecule has 3 heteroatoms. The van der Waals surface area contributed by atoms with E-state index in [4.69, 9.17) is 0 Å². The van der Waals surface area contributed by atoms with Gasteiger partial charge in [0, 0.05) is 24.1 Å². The summed E-state index contributed by atoms with van der Waals surface area (Å²) in [5.41, 5.74) is 2.90. The van der Waals surface area contributed by atoms with E-state index in [0.717, 1.165) is 38.4 Å². The second-order valence-corrected chi connectivity index (χ2v) is 7.72. The van der Waals surface area contributed by atoms with E-state index in [0.29, 0.717) is 5.91 Å². The van der Waals surface area contributed by atoms with Crippen LogP contribution in [-0.4, -0.2) is 25.5 Å². The fraction of sp³-hybridized carbons (Fsp3) is 0.650. The first-order valence-electron chi connectivity index (χ1n) is 9.39. The minimum atomic E-state index is 0.265. The zero-order chi connectivity index (χ0) is 15.7. The van der Waals surface area contributed by atoms with Crippen molar-refractivity contribution in [2.75, 3.05) is 24.5 Å². The van der Waals surface area contributed by atoms with Crippen LogP contribution in [0.15, 0.2) is 24.3 Å². The molecule has 3 aliphatic rings. The van der Waals surface area contributed by atoms with Gasteiger partial charge in [0.1, 0.15) is 0 Å². The molecule has 3 nitrogen and oxygen atoms in total. The van der Waals surface area contributed by atoms with Gasteiger partial charge in [-0.1, -0.05) is 31.0 Å². The van der Waals surface area contributed by atoms with Crippen molar-refractivity contribution in [1.82, 2.24) is 5.32 Å². The summed E-state index contributed by atoms with van der Waals surface area (Å²) in [5, 5.41) is 3.41. The summed E-state index contributed by atoms with van der Waals surface area (Å²) in [6.07, 6.45) is 9.37. The molecule has 0 unspecified atom stereocenters. The van der Waals surface area contributed by atoms with Crippen LogP contribution in [0.4, 0.5) is 5.69 Å². The van der Waals surface area contributed by atoms with Gasteiger partial charge in [-0.25, -0.2) is 0 Å². The fourth-order valence-electron chi connectivity index (χ4n) is 4.97. The van der Waals surface area contributed by atoms with E-state index >= 15 is 0 Å². The minimum Gasteiger partial charge on any atom is -0.317 e. The number of benzene rings is 1. The van der Waals surface area contributed by atoms with Gasteiger partial charge >= 0.3 is 0 Å². The zero-order valence-electron chi connectivity index (χ0n) is 14.0. The van der Waals surface area contributed by atoms with Gasteiger partial charge in [-0.2, -0.15) is 0 Å². The SMILES string of the molecule is O=C(CCC1CCNCC1)N1CC2(CCCC2)c2ccccc21. The monoisotopic (exact) mass is 312 g/mol. The van der Waals surface area contributed by atoms with Crippen LogP contribution in [0.5, 0.6) is 0 Å². The topological polar surface area (TPSA) is 32.3 Å². The summed E-state index contributed by atoms with van der Waals surface area (Å²) >= 11 is 0. The van der Waals surface area contributed by atoms with E-state index in [1.807, 2.05) is 0 Å². The summed E-state index contributed by atoms with van der Waals surface area (Å²) in [6, 6.07) is 8.65. The van der Waals surface area contributed by atoms with E-state index in [-0.39, 0.29) is 5.41 Å². The van der Waals surface area contributed by atoms with Crippen molar-refractivity contribution >= 4 is 11.6 Å². The van der Waals surface area contributed by atoms with Crippen LogP contribution in [0, 0.1) is 5.92 Å². The van der Waals surface area contributed by atoms with Crippen molar-refractivity contribution in [3.05, 3.63) is 29.8 Å². The molecule has 2 fully saturated rings. The fourth-order valence-corrected chi connectivity index (χ4v) is 4.97. The molecular formula is C20H28N2O. The molecule has 1 amide bonds. The highest BCUT2D eigenvalue weighted by Gasteiger charge is 2.45. The molecule has 1 saturated heterocycles. The van der Waals surface area contributed by atoms with Crippen molar-refractivity contribution in [3.8, 4) is 0 Å². The zero-order valence-corrected chi connectivity index (χ0v) is 14.0. The summed E-state index contributed by atoms with van der Waals surface area (Å²) in [6.45, 7) is 3.17. The predicted molar refractivity (Wildman–Crippen MR) is 93.8 cm³/mol. The van der Waals surface area contributed by atoms with Gasteiger partial charge in [0.25, 0.3) is 0 Å². The molecule has 1 N–H and O–H groups in total. The molecule has 0 atom stereocenters. The Morgan fingerprint density at radius 2 is 1.91 bits per heavy atom. The van der Waals surface area contributed by atoms with Gasteiger partial charge < -0.3 is 10.2 Å². The van der Waals surface area contributed by atoms with Crippen LogP contribution in [0.3, 0.4) is 0 Å². The third-order valence-electron chi connectivity index (χ3n) is 6.31. The Hall–Kier alpha value is -1.35. The Bertz CT molecular complexity index is 571. The molecule has 4 rings (SSSR count). The number of nitrogens with zero attached hydrogens (tertiary/aromatic N) is 1. The lowest BCUT2D eigenvalue weighted by Crippen LogP contribution is -2.36. The van der Waals surface area contributed by atoms with Gasteiger partial charge in [0.05, 0.1) is 0 Å². The Kier molecular flexibility index (Phi) is 4.14. The van der Waals surface area contributed by atoms with Crippen LogP contribution in [0.2, 0.25) is 0 Å². The number of carbonyl (C=O) groups excluding carboxylic acids is 1. The molecule has 1 aliphatic carbocycles. The Morgan fingerprint density at radius 3 is 2.70 bits per heavy atom. The minimum absolute atomic E-state index is 0.265. The van der Waals surface area contributed by atoms with Crippen molar-refractivity contribution in [1.29, 1.82) is 0 Å². The molecule has 2 aliphatic heterocycles. The third-order valence-corrected chi connectivity index (χ3v) is 6.31. The molecule has 0 radical (unpaired) electrons. The lowest BCUT2D eigenvalue weighted by Gasteiger charge is -2.26. The van der Waals surface area contributed by atoms with Crippen LogP contribution in [-0.2, 0) is 10.2 Å². The summed E-state index contributed by atoms with van der Waals surface area (Å²) in [4.78, 5) is 15.0. The molecule has 23 heavy (non-hydrogen) atoms. The van der Waals surface area contributed by atoms with Gasteiger partial charge in [0.2, 0.25) is 5.91 Å². The number of anilines is 1. The highest BCUT2D eigenvalue weighted by atomic mass is 16.2. The van der Waals surface area contributed by atoms with E-state index in [9.17, 15) is 4.79 Å². The Morgan fingerprint density at radius 1 is 1.17 bits per heavy atom. The van der Waals surface area contributed by atoms with Gasteiger partial charge in [-0.05, 0) is 62.7 Å². The number of piperidine rings is 1. The van der Waals surface area contributed by atoms with Crippen LogP contribution < -0.4 is 10.2 Å². The van der Waals surface area contributed by atoms with E-state index in [2.05, 4.69) is 34.5 Å². The molecule has 2 heterocycles. The molecule has 0 aromatic heterocycles. The first kappa shape index (κ1) is 15.2. The van der Waals surface area contributed by atoms with Gasteiger partial charge in [-0.3, -0.25) is 4.79 Å². The maximum atomic E-state index is 12.9. The number of amides is 1. The van der Waals surface area contributed by atoms with E-state index in [1.165, 1.54) is 49.8 Å². The van der Waals surface area contributed by atoms with Crippen LogP contribution in [0.25, 0.3) is 0 Å². The molecule has 1 aromatic rings. The molecule has 1 spiro atoms. The number of fused-ring (bicyclic) bond motifs is 2. The Labute approximate surface area is 139 Å². The van der Waals surface area contributed by atoms with Crippen molar-refractivity contribution in [2.45, 2.75) is 56.8 Å². The highest BCUT2D eigenvalue weighted by Crippen LogP contribution is 2.50. The lowest BCUT2D eigenvalue weighted by molar-refractivity contribution is -0.119. The third kappa shape index (κ3) is 2.80. The van der Waals surface area contributed by atoms with E-state index < -0.39 is 0 Å². The first-order chi connectivity index (χ1) is 11.3. The number of rotatable bonds is 3. The lowest BCUT2D eigenvalue weighted by atomic mass is 9.81. The maximum Gasteiger partial charge on any atom is 0.227 e. The summed E-state index contributed by atoms with van der Waals surface area (Å²) < 4.78 is 0. The molecule has 1 aromatic carbocycles. The largest absolute Gasteiger partial charge is 0.317 e. The predicted octanol–water partition coefficient (Wildman–Crippen LogP) is 3.62. The molecule has 124 valence electrons. The second kappa shape index (κ2) is 6.27. The van der Waals surface area contributed by atoms with Crippen molar-refractivity contribution in [2.24, 2.45) is 5.92 Å². The average Bonchev–Trinajstić information content (AvgIpc) is 3.20. The molecular weight excluding hydrogens is 284 g/mol. The number of hydrogen-bond donors (Lipinski definition) is 1. The highest BCUT2D eigenvalue weighted by molar-refractivity contribution is 5.96. The smallest absolute Gasteiger partial charge is 0.227 e. The summed E-state index contributed by atoms with van der Waals surface area (Å²) in [5.74, 6) is 1.08. The number of para-hydroxylation sites is 1. The Balaban J connectivity index is 1.47. The van der Waals surface area contributed by atoms with Gasteiger partial charge in [-0.15, -0.1) is 0 Å². The number of nitrogens with one attached hydrogen (secondary N) is 1. The van der Waals surface area contributed by atoms with Crippen LogP contribution in [0.1, 0.15) is 56.9 Å². The quantitative estimate of drug-likeness (QED) is 0.924. The molecule has 0 bridgehead atoms. The second-order valence-electron chi connectivity index (χ2n) is 7.72. The van der Waals surface area contributed by atoms with Crippen molar-refractivity contribution in [3.63, 3.8) is 0 Å². The van der Waals surface area contributed by atoms with Gasteiger partial charge in [0.15, 0.2) is 0 Å². The van der Waals surface area contributed by atoms with E-state index in [1.54, 1.807) is 0 Å². The van der Waals surface area contributed by atoms with Crippen molar-refractivity contribution < 1.29 is 4.79 Å². The molecule has 1 saturated carbocycles. The van der Waals surface area contributed by atoms with Crippen LogP contribution >= 0.6 is 0 Å². The normalized spacial score (nSPS) is 23.4. The maximum absolute atomic E-state index is 12.9. The number of carbonyl (C=O) groups is 1.